The quantitative estimate of drug-likeness (QED) is 0.868. The van der Waals surface area contributed by atoms with Gasteiger partial charge in [0, 0.05) is 30.6 Å². The molecule has 18 heavy (non-hydrogen) atoms. The van der Waals surface area contributed by atoms with Crippen molar-refractivity contribution in [3.63, 3.8) is 0 Å². The molecule has 0 spiro atoms. The number of ether oxygens (including phenoxy) is 1. The van der Waals surface area contributed by atoms with Gasteiger partial charge in [-0.3, -0.25) is 0 Å². The van der Waals surface area contributed by atoms with E-state index in [0.29, 0.717) is 11.8 Å². The van der Waals surface area contributed by atoms with Gasteiger partial charge in [0.2, 0.25) is 11.8 Å². The van der Waals surface area contributed by atoms with Crippen LogP contribution in [0.4, 0.5) is 5.95 Å². The first-order valence-electron chi connectivity index (χ1n) is 5.84. The number of anilines is 1. The number of rotatable bonds is 6. The predicted molar refractivity (Wildman–Crippen MR) is 72.1 cm³/mol. The molecule has 5 nitrogen and oxygen atoms in total. The Hall–Kier alpha value is -1.69. The summed E-state index contributed by atoms with van der Waals surface area (Å²) in [6, 6.07) is 1.76. The summed E-state index contributed by atoms with van der Waals surface area (Å²) in [5.41, 5.74) is 2.92. The van der Waals surface area contributed by atoms with Crippen molar-refractivity contribution in [3.05, 3.63) is 28.8 Å². The Morgan fingerprint density at radius 2 is 2.28 bits per heavy atom. The predicted octanol–water partition coefficient (Wildman–Crippen LogP) is 2.37. The smallest absolute Gasteiger partial charge is 0.225 e. The van der Waals surface area contributed by atoms with Crippen LogP contribution < -0.4 is 10.1 Å². The summed E-state index contributed by atoms with van der Waals surface area (Å²) in [7, 11) is 0. The highest BCUT2D eigenvalue weighted by Crippen LogP contribution is 2.10. The Bertz CT molecular complexity index is 473. The van der Waals surface area contributed by atoms with Crippen LogP contribution in [0.2, 0.25) is 0 Å². The maximum atomic E-state index is 5.51. The minimum atomic E-state index is 0.114. The minimum Gasteiger partial charge on any atom is -0.475 e. The first-order chi connectivity index (χ1) is 8.74. The second-order valence-corrected chi connectivity index (χ2v) is 4.76. The molecule has 0 radical (unpaired) electrons. The normalized spacial score (nSPS) is 10.6. The lowest BCUT2D eigenvalue weighted by Crippen LogP contribution is -2.11. The lowest BCUT2D eigenvalue weighted by atomic mass is 10.3. The van der Waals surface area contributed by atoms with Crippen molar-refractivity contribution in [2.24, 2.45) is 0 Å². The average molecular weight is 264 g/mol. The molecule has 2 heterocycles. The molecular weight excluding hydrogens is 248 g/mol. The highest BCUT2D eigenvalue weighted by molar-refractivity contribution is 7.07. The van der Waals surface area contributed by atoms with Gasteiger partial charge in [-0.15, -0.1) is 11.3 Å². The molecule has 2 rings (SSSR count). The third kappa shape index (κ3) is 3.96. The molecule has 0 fully saturated rings. The molecule has 6 heteroatoms. The number of nitrogens with one attached hydrogen (secondary N) is 1. The first kappa shape index (κ1) is 12.8. The Kier molecular flexibility index (Phi) is 4.46. The topological polar surface area (TPSA) is 59.9 Å². The molecule has 2 aromatic heterocycles. The third-order valence-electron chi connectivity index (χ3n) is 2.13. The fourth-order valence-electron chi connectivity index (χ4n) is 1.40. The molecule has 0 aromatic carbocycles. The van der Waals surface area contributed by atoms with Crippen LogP contribution in [-0.4, -0.2) is 27.6 Å². The van der Waals surface area contributed by atoms with Gasteiger partial charge in [-0.05, 0) is 13.8 Å². The van der Waals surface area contributed by atoms with Gasteiger partial charge >= 0.3 is 0 Å². The van der Waals surface area contributed by atoms with E-state index in [0.717, 1.165) is 18.7 Å². The van der Waals surface area contributed by atoms with E-state index >= 15 is 0 Å². The van der Waals surface area contributed by atoms with E-state index in [-0.39, 0.29) is 6.10 Å². The molecule has 0 aliphatic rings. The van der Waals surface area contributed by atoms with Gasteiger partial charge < -0.3 is 10.1 Å². The van der Waals surface area contributed by atoms with Gasteiger partial charge in [0.1, 0.15) is 0 Å². The van der Waals surface area contributed by atoms with Crippen molar-refractivity contribution < 1.29 is 4.74 Å². The molecule has 0 unspecified atom stereocenters. The Morgan fingerprint density at radius 3 is 3.00 bits per heavy atom. The molecular formula is C12H16N4OS. The molecule has 0 saturated heterocycles. The maximum absolute atomic E-state index is 5.51. The van der Waals surface area contributed by atoms with Crippen LogP contribution in [0.1, 0.15) is 19.5 Å². The standard InChI is InChI=1S/C12H16N4OS/c1-9(2)17-11-4-6-14-12(16-11)13-5-3-10-7-18-8-15-10/h4,6-9H,3,5H2,1-2H3,(H,13,14,16). The number of hydrogen-bond acceptors (Lipinski definition) is 6. The Balaban J connectivity index is 1.85. The van der Waals surface area contributed by atoms with Crippen molar-refractivity contribution in [2.75, 3.05) is 11.9 Å². The fraction of sp³-hybridized carbons (Fsp3) is 0.417. The Labute approximate surface area is 110 Å². The zero-order valence-electron chi connectivity index (χ0n) is 10.5. The van der Waals surface area contributed by atoms with Crippen LogP contribution in [-0.2, 0) is 6.42 Å². The number of hydrogen-bond donors (Lipinski definition) is 1. The van der Waals surface area contributed by atoms with Crippen LogP contribution in [0, 0.1) is 0 Å². The van der Waals surface area contributed by atoms with Crippen molar-refractivity contribution in [1.82, 2.24) is 15.0 Å². The number of aromatic nitrogens is 3. The first-order valence-corrected chi connectivity index (χ1v) is 6.79. The summed E-state index contributed by atoms with van der Waals surface area (Å²) in [6.07, 6.45) is 2.67. The van der Waals surface area contributed by atoms with Crippen LogP contribution in [0.25, 0.3) is 0 Å². The molecule has 0 amide bonds. The van der Waals surface area contributed by atoms with E-state index in [1.807, 2.05) is 24.7 Å². The molecule has 2 aromatic rings. The summed E-state index contributed by atoms with van der Waals surface area (Å²) in [6.45, 7) is 4.70. The minimum absolute atomic E-state index is 0.114. The Morgan fingerprint density at radius 1 is 1.39 bits per heavy atom. The molecule has 0 saturated carbocycles. The van der Waals surface area contributed by atoms with E-state index in [2.05, 4.69) is 20.3 Å². The zero-order chi connectivity index (χ0) is 12.8. The summed E-state index contributed by atoms with van der Waals surface area (Å²) >= 11 is 1.60. The molecule has 0 aliphatic carbocycles. The number of nitrogens with zero attached hydrogens (tertiary/aromatic N) is 3. The fourth-order valence-corrected chi connectivity index (χ4v) is 1.99. The summed E-state index contributed by atoms with van der Waals surface area (Å²) in [4.78, 5) is 12.6. The molecule has 96 valence electrons. The van der Waals surface area contributed by atoms with Crippen LogP contribution in [0.15, 0.2) is 23.2 Å². The maximum Gasteiger partial charge on any atom is 0.225 e. The second kappa shape index (κ2) is 6.30. The summed E-state index contributed by atoms with van der Waals surface area (Å²) in [5, 5.41) is 5.20. The van der Waals surface area contributed by atoms with Crippen LogP contribution in [0.3, 0.4) is 0 Å². The van der Waals surface area contributed by atoms with Crippen molar-refractivity contribution in [2.45, 2.75) is 26.4 Å². The lowest BCUT2D eigenvalue weighted by molar-refractivity contribution is 0.232. The SMILES string of the molecule is CC(C)Oc1ccnc(NCCc2cscn2)n1. The van der Waals surface area contributed by atoms with E-state index in [1.165, 1.54) is 0 Å². The van der Waals surface area contributed by atoms with Gasteiger partial charge in [-0.1, -0.05) is 0 Å². The molecule has 0 atom stereocenters. The van der Waals surface area contributed by atoms with Crippen molar-refractivity contribution in [3.8, 4) is 5.88 Å². The third-order valence-corrected chi connectivity index (χ3v) is 2.77. The number of thiazole rings is 1. The van der Waals surface area contributed by atoms with Gasteiger partial charge in [-0.2, -0.15) is 4.98 Å². The van der Waals surface area contributed by atoms with E-state index in [4.69, 9.17) is 4.74 Å². The highest BCUT2D eigenvalue weighted by Gasteiger charge is 2.02. The molecule has 0 aliphatic heterocycles. The average Bonchev–Trinajstić information content (AvgIpc) is 2.82. The van der Waals surface area contributed by atoms with Gasteiger partial charge in [0.25, 0.3) is 0 Å². The second-order valence-electron chi connectivity index (χ2n) is 4.04. The van der Waals surface area contributed by atoms with E-state index in [9.17, 15) is 0 Å². The zero-order valence-corrected chi connectivity index (χ0v) is 11.3. The van der Waals surface area contributed by atoms with E-state index < -0.39 is 0 Å². The van der Waals surface area contributed by atoms with Crippen molar-refractivity contribution >= 4 is 17.3 Å². The summed E-state index contributed by atoms with van der Waals surface area (Å²) in [5.74, 6) is 1.18. The summed E-state index contributed by atoms with van der Waals surface area (Å²) < 4.78 is 5.51. The molecule has 0 bridgehead atoms. The van der Waals surface area contributed by atoms with E-state index in [1.54, 1.807) is 23.6 Å². The van der Waals surface area contributed by atoms with Crippen LogP contribution in [0.5, 0.6) is 5.88 Å². The highest BCUT2D eigenvalue weighted by atomic mass is 32.1. The van der Waals surface area contributed by atoms with Gasteiger partial charge in [0.05, 0.1) is 17.3 Å². The van der Waals surface area contributed by atoms with Crippen molar-refractivity contribution in [1.29, 1.82) is 0 Å². The van der Waals surface area contributed by atoms with Crippen LogP contribution >= 0.6 is 11.3 Å². The lowest BCUT2D eigenvalue weighted by Gasteiger charge is -2.09. The largest absolute Gasteiger partial charge is 0.475 e. The van der Waals surface area contributed by atoms with Gasteiger partial charge in [-0.25, -0.2) is 9.97 Å². The molecule has 1 N–H and O–H groups in total. The monoisotopic (exact) mass is 264 g/mol. The van der Waals surface area contributed by atoms with Gasteiger partial charge in [0.15, 0.2) is 0 Å².